The first-order chi connectivity index (χ1) is 7.36. The Kier molecular flexibility index (Phi) is 3.20. The van der Waals surface area contributed by atoms with Crippen molar-refractivity contribution in [2.24, 2.45) is 5.11 Å². The van der Waals surface area contributed by atoms with Crippen molar-refractivity contribution in [3.05, 3.63) is 39.8 Å². The van der Waals surface area contributed by atoms with E-state index in [4.69, 9.17) is 10.6 Å². The lowest BCUT2D eigenvalue weighted by Crippen LogP contribution is -2.11. The number of azide groups is 1. The van der Waals surface area contributed by atoms with Crippen LogP contribution in [0.15, 0.2) is 23.3 Å². The Morgan fingerprint density at radius 1 is 1.44 bits per heavy atom. The van der Waals surface area contributed by atoms with Gasteiger partial charge in [-0.05, 0) is 28.6 Å². The van der Waals surface area contributed by atoms with Crippen molar-refractivity contribution >= 4 is 11.7 Å². The molecule has 0 saturated carbocycles. The van der Waals surface area contributed by atoms with E-state index < -0.39 is 5.97 Å². The summed E-state index contributed by atoms with van der Waals surface area (Å²) in [5, 5.41) is 12.4. The highest BCUT2D eigenvalue weighted by atomic mass is 16.4. The number of aromatic carboxylic acids is 1. The van der Waals surface area contributed by atoms with Crippen molar-refractivity contribution in [3.8, 4) is 0 Å². The number of hydrogen-bond acceptors (Lipinski definition) is 2. The Hall–Kier alpha value is -2.00. The van der Waals surface area contributed by atoms with Gasteiger partial charge >= 0.3 is 5.97 Å². The fourth-order valence-electron chi connectivity index (χ4n) is 1.43. The molecule has 0 aliphatic carbocycles. The maximum atomic E-state index is 10.8. The largest absolute Gasteiger partial charge is 0.478 e. The molecular formula is C11H13N3O2. The molecule has 0 aliphatic rings. The van der Waals surface area contributed by atoms with E-state index in [1.54, 1.807) is 6.07 Å². The molecule has 1 aromatic rings. The maximum Gasteiger partial charge on any atom is 0.335 e. The van der Waals surface area contributed by atoms with E-state index in [1.165, 1.54) is 12.1 Å². The van der Waals surface area contributed by atoms with Gasteiger partial charge in [0.25, 0.3) is 0 Å². The third kappa shape index (κ3) is 2.52. The van der Waals surface area contributed by atoms with Crippen LogP contribution < -0.4 is 0 Å². The number of nitrogens with zero attached hydrogens (tertiary/aromatic N) is 3. The van der Waals surface area contributed by atoms with E-state index in [1.807, 2.05) is 20.8 Å². The molecule has 0 aromatic heterocycles. The van der Waals surface area contributed by atoms with Crippen LogP contribution in [0.25, 0.3) is 10.4 Å². The molecular weight excluding hydrogens is 206 g/mol. The molecule has 0 atom stereocenters. The van der Waals surface area contributed by atoms with Gasteiger partial charge in [0.2, 0.25) is 0 Å². The predicted octanol–water partition coefficient (Wildman–Crippen LogP) is 3.62. The van der Waals surface area contributed by atoms with Crippen LogP contribution in [0.4, 0.5) is 5.69 Å². The second-order valence-corrected chi connectivity index (χ2v) is 4.48. The molecule has 0 bridgehead atoms. The Morgan fingerprint density at radius 2 is 2.06 bits per heavy atom. The maximum absolute atomic E-state index is 10.8. The number of carboxylic acids is 1. The van der Waals surface area contributed by atoms with Gasteiger partial charge in [-0.25, -0.2) is 4.79 Å². The summed E-state index contributed by atoms with van der Waals surface area (Å²) in [5.74, 6) is -1.03. The number of carboxylic acid groups (broad SMARTS) is 1. The Bertz CT molecular complexity index is 469. The zero-order chi connectivity index (χ0) is 12.3. The first kappa shape index (κ1) is 12.1. The molecule has 16 heavy (non-hydrogen) atoms. The lowest BCUT2D eigenvalue weighted by molar-refractivity contribution is 0.0697. The first-order valence-corrected chi connectivity index (χ1v) is 4.79. The van der Waals surface area contributed by atoms with E-state index in [0.29, 0.717) is 5.69 Å². The minimum absolute atomic E-state index is 0.121. The van der Waals surface area contributed by atoms with Crippen molar-refractivity contribution in [1.29, 1.82) is 0 Å². The predicted molar refractivity (Wildman–Crippen MR) is 60.9 cm³/mol. The van der Waals surface area contributed by atoms with E-state index in [0.717, 1.165) is 5.56 Å². The minimum atomic E-state index is -1.03. The molecule has 0 unspecified atom stereocenters. The summed E-state index contributed by atoms with van der Waals surface area (Å²) >= 11 is 0. The highest BCUT2D eigenvalue weighted by molar-refractivity contribution is 5.89. The highest BCUT2D eigenvalue weighted by Crippen LogP contribution is 2.32. The summed E-state index contributed by atoms with van der Waals surface area (Å²) in [4.78, 5) is 13.5. The van der Waals surface area contributed by atoms with Gasteiger partial charge in [-0.1, -0.05) is 32.0 Å². The Balaban J connectivity index is 3.42. The smallest absolute Gasteiger partial charge is 0.335 e. The fraction of sp³-hybridized carbons (Fsp3) is 0.364. The molecule has 1 N–H and O–H groups in total. The molecule has 1 rings (SSSR count). The molecule has 1 aromatic carbocycles. The standard InChI is InChI=1S/C11H13N3O2/c1-11(2,3)8-5-4-7(10(15)16)6-9(8)13-14-12/h4-6H,1-3H3,(H,15,16). The van der Waals surface area contributed by atoms with Crippen molar-refractivity contribution in [2.75, 3.05) is 0 Å². The normalized spacial score (nSPS) is 10.7. The monoisotopic (exact) mass is 219 g/mol. The lowest BCUT2D eigenvalue weighted by atomic mass is 9.85. The third-order valence-electron chi connectivity index (χ3n) is 2.21. The van der Waals surface area contributed by atoms with Gasteiger partial charge < -0.3 is 5.11 Å². The summed E-state index contributed by atoms with van der Waals surface area (Å²) in [7, 11) is 0. The molecule has 5 heteroatoms. The van der Waals surface area contributed by atoms with Crippen molar-refractivity contribution in [3.63, 3.8) is 0 Å². The van der Waals surface area contributed by atoms with Crippen molar-refractivity contribution < 1.29 is 9.90 Å². The van der Waals surface area contributed by atoms with Crippen molar-refractivity contribution in [1.82, 2.24) is 0 Å². The molecule has 84 valence electrons. The van der Waals surface area contributed by atoms with E-state index in [2.05, 4.69) is 10.0 Å². The van der Waals surface area contributed by atoms with Gasteiger partial charge in [-0.15, -0.1) is 0 Å². The summed E-state index contributed by atoms with van der Waals surface area (Å²) in [5.41, 5.74) is 9.58. The van der Waals surface area contributed by atoms with Crippen LogP contribution in [0.3, 0.4) is 0 Å². The van der Waals surface area contributed by atoms with Crippen LogP contribution in [0, 0.1) is 0 Å². The van der Waals surface area contributed by atoms with E-state index in [-0.39, 0.29) is 11.0 Å². The average molecular weight is 219 g/mol. The topological polar surface area (TPSA) is 86.1 Å². The number of rotatable bonds is 2. The van der Waals surface area contributed by atoms with Gasteiger partial charge in [0.05, 0.1) is 5.56 Å². The quantitative estimate of drug-likeness (QED) is 0.467. The zero-order valence-electron chi connectivity index (χ0n) is 9.43. The van der Waals surface area contributed by atoms with Crippen LogP contribution in [0.2, 0.25) is 0 Å². The van der Waals surface area contributed by atoms with Gasteiger partial charge in [0, 0.05) is 10.6 Å². The van der Waals surface area contributed by atoms with E-state index >= 15 is 0 Å². The molecule has 0 aliphatic heterocycles. The Labute approximate surface area is 93.3 Å². The molecule has 0 spiro atoms. The lowest BCUT2D eigenvalue weighted by Gasteiger charge is -2.21. The van der Waals surface area contributed by atoms with Crippen molar-refractivity contribution in [2.45, 2.75) is 26.2 Å². The van der Waals surface area contributed by atoms with Crippen LogP contribution >= 0.6 is 0 Å². The SMILES string of the molecule is CC(C)(C)c1ccc(C(=O)O)cc1N=[N+]=[N-]. The molecule has 0 amide bonds. The number of benzene rings is 1. The number of hydrogen-bond donors (Lipinski definition) is 1. The second kappa shape index (κ2) is 4.24. The van der Waals surface area contributed by atoms with E-state index in [9.17, 15) is 4.79 Å². The minimum Gasteiger partial charge on any atom is -0.478 e. The van der Waals surface area contributed by atoms with Crippen LogP contribution in [0.5, 0.6) is 0 Å². The average Bonchev–Trinajstić information content (AvgIpc) is 2.16. The third-order valence-corrected chi connectivity index (χ3v) is 2.21. The highest BCUT2D eigenvalue weighted by Gasteiger charge is 2.18. The van der Waals surface area contributed by atoms with Gasteiger partial charge in [0.15, 0.2) is 0 Å². The van der Waals surface area contributed by atoms with Crippen LogP contribution in [0.1, 0.15) is 36.7 Å². The molecule has 0 heterocycles. The number of carbonyl (C=O) groups is 1. The van der Waals surface area contributed by atoms with Crippen LogP contribution in [-0.2, 0) is 5.41 Å². The summed E-state index contributed by atoms with van der Waals surface area (Å²) in [6.07, 6.45) is 0. The molecule has 0 fully saturated rings. The molecule has 5 nitrogen and oxygen atoms in total. The Morgan fingerprint density at radius 3 is 2.50 bits per heavy atom. The molecule has 0 radical (unpaired) electrons. The zero-order valence-corrected chi connectivity index (χ0v) is 9.43. The van der Waals surface area contributed by atoms with Crippen LogP contribution in [-0.4, -0.2) is 11.1 Å². The van der Waals surface area contributed by atoms with Gasteiger partial charge in [-0.3, -0.25) is 0 Å². The van der Waals surface area contributed by atoms with Gasteiger partial charge in [0.1, 0.15) is 0 Å². The fourth-order valence-corrected chi connectivity index (χ4v) is 1.43. The summed E-state index contributed by atoms with van der Waals surface area (Å²) in [6, 6.07) is 4.59. The first-order valence-electron chi connectivity index (χ1n) is 4.79. The van der Waals surface area contributed by atoms with Gasteiger partial charge in [-0.2, -0.15) is 0 Å². The summed E-state index contributed by atoms with van der Waals surface area (Å²) < 4.78 is 0. The second-order valence-electron chi connectivity index (χ2n) is 4.48. The molecule has 0 saturated heterocycles. The summed E-state index contributed by atoms with van der Waals surface area (Å²) in [6.45, 7) is 5.91.